The van der Waals surface area contributed by atoms with E-state index in [9.17, 15) is 21.6 Å². The van der Waals surface area contributed by atoms with E-state index in [4.69, 9.17) is 15.0 Å². The third-order valence-corrected chi connectivity index (χ3v) is 3.29. The van der Waals surface area contributed by atoms with E-state index in [1.54, 1.807) is 0 Å². The maximum atomic E-state index is 10.7. The highest BCUT2D eigenvalue weighted by atomic mass is 32.2. The smallest absolute Gasteiger partial charge is 0.475 e. The van der Waals surface area contributed by atoms with Gasteiger partial charge >= 0.3 is 12.1 Å². The van der Waals surface area contributed by atoms with E-state index >= 15 is 0 Å². The Balaban J connectivity index is 0.000000325. The van der Waals surface area contributed by atoms with Crippen LogP contribution in [0.4, 0.5) is 13.2 Å². The number of sulfonamides is 1. The van der Waals surface area contributed by atoms with Gasteiger partial charge in [0.1, 0.15) is 0 Å². The Bertz CT molecular complexity index is 349. The molecule has 17 heavy (non-hydrogen) atoms. The number of carboxylic acids is 1. The van der Waals surface area contributed by atoms with Gasteiger partial charge < -0.3 is 10.4 Å². The lowest BCUT2D eigenvalue weighted by Gasteiger charge is -2.20. The quantitative estimate of drug-likeness (QED) is 0.608. The molecular formula is C7H13F3N2O4S. The molecule has 0 aliphatic carbocycles. The lowest BCUT2D eigenvalue weighted by molar-refractivity contribution is -0.192. The van der Waals surface area contributed by atoms with Crippen LogP contribution in [0.1, 0.15) is 12.8 Å². The number of primary sulfonamides is 1. The number of hydrogen-bond donors (Lipinski definition) is 3. The predicted molar refractivity (Wildman–Crippen MR) is 52.7 cm³/mol. The molecule has 1 atom stereocenters. The first kappa shape index (κ1) is 16.1. The molecule has 0 spiro atoms. The van der Waals surface area contributed by atoms with Gasteiger partial charge in [0.15, 0.2) is 0 Å². The van der Waals surface area contributed by atoms with Crippen LogP contribution in [0.3, 0.4) is 0 Å². The predicted octanol–water partition coefficient (Wildman–Crippen LogP) is -0.340. The molecule has 0 bridgehead atoms. The Kier molecular flexibility index (Phi) is 5.85. The highest BCUT2D eigenvalue weighted by Crippen LogP contribution is 2.13. The second-order valence-electron chi connectivity index (χ2n) is 3.36. The number of hydrogen-bond acceptors (Lipinski definition) is 4. The van der Waals surface area contributed by atoms with Crippen molar-refractivity contribution < 1.29 is 31.5 Å². The van der Waals surface area contributed by atoms with Crippen molar-refractivity contribution in [2.24, 2.45) is 5.14 Å². The van der Waals surface area contributed by atoms with Crippen LogP contribution >= 0.6 is 0 Å². The lowest BCUT2D eigenvalue weighted by Crippen LogP contribution is -2.41. The third-order valence-electron chi connectivity index (χ3n) is 1.96. The van der Waals surface area contributed by atoms with Gasteiger partial charge in [0.25, 0.3) is 0 Å². The molecule has 1 heterocycles. The summed E-state index contributed by atoms with van der Waals surface area (Å²) in [5.41, 5.74) is 0. The first-order valence-electron chi connectivity index (χ1n) is 4.57. The average Bonchev–Trinajstić information content (AvgIpc) is 2.17. The summed E-state index contributed by atoms with van der Waals surface area (Å²) < 4.78 is 53.2. The maximum absolute atomic E-state index is 10.7. The molecule has 0 radical (unpaired) electrons. The van der Waals surface area contributed by atoms with Crippen LogP contribution in [0.5, 0.6) is 0 Å². The Labute approximate surface area is 96.0 Å². The molecular weight excluding hydrogens is 265 g/mol. The monoisotopic (exact) mass is 278 g/mol. The molecule has 1 aliphatic heterocycles. The highest BCUT2D eigenvalue weighted by molar-refractivity contribution is 7.89. The number of carbonyl (C=O) groups is 1. The van der Waals surface area contributed by atoms with Crippen molar-refractivity contribution in [2.45, 2.75) is 24.3 Å². The molecule has 0 aromatic rings. The molecule has 0 amide bonds. The van der Waals surface area contributed by atoms with Crippen molar-refractivity contribution in [2.75, 3.05) is 13.1 Å². The first-order valence-corrected chi connectivity index (χ1v) is 6.18. The van der Waals surface area contributed by atoms with Crippen molar-refractivity contribution in [1.82, 2.24) is 5.32 Å². The van der Waals surface area contributed by atoms with Gasteiger partial charge in [-0.05, 0) is 19.4 Å². The Morgan fingerprint density at radius 1 is 1.41 bits per heavy atom. The van der Waals surface area contributed by atoms with Crippen molar-refractivity contribution >= 4 is 16.0 Å². The Hall–Kier alpha value is -0.870. The van der Waals surface area contributed by atoms with E-state index in [-0.39, 0.29) is 5.25 Å². The number of rotatable bonds is 1. The molecule has 1 rings (SSSR count). The summed E-state index contributed by atoms with van der Waals surface area (Å²) >= 11 is 0. The van der Waals surface area contributed by atoms with E-state index in [0.717, 1.165) is 13.0 Å². The van der Waals surface area contributed by atoms with Crippen LogP contribution in [0.25, 0.3) is 0 Å². The average molecular weight is 278 g/mol. The van der Waals surface area contributed by atoms with Gasteiger partial charge in [0.2, 0.25) is 10.0 Å². The molecule has 1 unspecified atom stereocenters. The van der Waals surface area contributed by atoms with Gasteiger partial charge in [0, 0.05) is 6.54 Å². The summed E-state index contributed by atoms with van der Waals surface area (Å²) in [6, 6.07) is 0. The third kappa shape index (κ3) is 7.13. The van der Waals surface area contributed by atoms with E-state index in [2.05, 4.69) is 5.32 Å². The summed E-state index contributed by atoms with van der Waals surface area (Å²) in [7, 11) is -3.29. The van der Waals surface area contributed by atoms with E-state index in [1.165, 1.54) is 0 Å². The first-order chi connectivity index (χ1) is 7.55. The number of piperidine rings is 1. The maximum Gasteiger partial charge on any atom is 0.490 e. The van der Waals surface area contributed by atoms with Gasteiger partial charge in [-0.2, -0.15) is 13.2 Å². The van der Waals surface area contributed by atoms with E-state index < -0.39 is 22.2 Å². The number of nitrogens with two attached hydrogens (primary N) is 1. The topological polar surface area (TPSA) is 109 Å². The van der Waals surface area contributed by atoms with Gasteiger partial charge in [-0.15, -0.1) is 0 Å². The molecule has 0 saturated carbocycles. The van der Waals surface area contributed by atoms with Crippen LogP contribution in [-0.2, 0) is 14.8 Å². The molecule has 1 saturated heterocycles. The zero-order valence-electron chi connectivity index (χ0n) is 8.70. The summed E-state index contributed by atoms with van der Waals surface area (Å²) in [4.78, 5) is 8.90. The Morgan fingerprint density at radius 2 is 1.88 bits per heavy atom. The molecule has 0 aromatic carbocycles. The van der Waals surface area contributed by atoms with Crippen LogP contribution in [-0.4, -0.2) is 44.0 Å². The fourth-order valence-corrected chi connectivity index (χ4v) is 1.95. The van der Waals surface area contributed by atoms with E-state index in [0.29, 0.717) is 13.0 Å². The van der Waals surface area contributed by atoms with Crippen LogP contribution in [0.15, 0.2) is 0 Å². The number of alkyl halides is 3. The summed E-state index contributed by atoms with van der Waals surface area (Å²) in [6.45, 7) is 1.42. The van der Waals surface area contributed by atoms with Crippen LogP contribution in [0, 0.1) is 0 Å². The second-order valence-corrected chi connectivity index (χ2v) is 5.21. The standard InChI is InChI=1S/C5H12N2O2S.C2HF3O2/c6-10(8,9)5-2-1-3-7-4-5;3-2(4,5)1(6)7/h5,7H,1-4H2,(H2,6,8,9);(H,6,7). The molecule has 10 heteroatoms. The largest absolute Gasteiger partial charge is 0.490 e. The molecule has 102 valence electrons. The number of nitrogens with one attached hydrogen (secondary N) is 1. The zero-order chi connectivity index (χ0) is 13.7. The van der Waals surface area contributed by atoms with Crippen molar-refractivity contribution in [3.63, 3.8) is 0 Å². The van der Waals surface area contributed by atoms with Crippen LogP contribution in [0.2, 0.25) is 0 Å². The minimum Gasteiger partial charge on any atom is -0.475 e. The van der Waals surface area contributed by atoms with Crippen LogP contribution < -0.4 is 10.5 Å². The second kappa shape index (κ2) is 6.17. The number of halogens is 3. The fourth-order valence-electron chi connectivity index (χ4n) is 1.10. The number of aliphatic carboxylic acids is 1. The number of carboxylic acid groups (broad SMARTS) is 1. The van der Waals surface area contributed by atoms with Gasteiger partial charge in [-0.3, -0.25) is 0 Å². The van der Waals surface area contributed by atoms with Crippen molar-refractivity contribution in [1.29, 1.82) is 0 Å². The van der Waals surface area contributed by atoms with Gasteiger partial charge in [-0.25, -0.2) is 18.4 Å². The molecule has 1 fully saturated rings. The SMILES string of the molecule is NS(=O)(=O)C1CCCNC1.O=C(O)C(F)(F)F. The van der Waals surface area contributed by atoms with E-state index in [1.807, 2.05) is 0 Å². The fraction of sp³-hybridized carbons (Fsp3) is 0.857. The molecule has 0 aromatic heterocycles. The van der Waals surface area contributed by atoms with Crippen molar-refractivity contribution in [3.05, 3.63) is 0 Å². The molecule has 1 aliphatic rings. The minimum atomic E-state index is -5.08. The molecule has 4 N–H and O–H groups in total. The molecule has 6 nitrogen and oxygen atoms in total. The Morgan fingerprint density at radius 3 is 2.06 bits per heavy atom. The zero-order valence-corrected chi connectivity index (χ0v) is 9.51. The van der Waals surface area contributed by atoms with Crippen molar-refractivity contribution in [3.8, 4) is 0 Å². The lowest BCUT2D eigenvalue weighted by atomic mass is 10.2. The highest BCUT2D eigenvalue weighted by Gasteiger charge is 2.38. The van der Waals surface area contributed by atoms with Gasteiger partial charge in [0.05, 0.1) is 5.25 Å². The summed E-state index contributed by atoms with van der Waals surface area (Å²) in [6.07, 6.45) is -3.48. The normalized spacial score (nSPS) is 21.3. The summed E-state index contributed by atoms with van der Waals surface area (Å²) in [5.74, 6) is -2.76. The van der Waals surface area contributed by atoms with Gasteiger partial charge in [-0.1, -0.05) is 0 Å². The summed E-state index contributed by atoms with van der Waals surface area (Å²) in [5, 5.41) is 14.7. The minimum absolute atomic E-state index is 0.360.